The summed E-state index contributed by atoms with van der Waals surface area (Å²) >= 11 is 7.08. The lowest BCUT2D eigenvalue weighted by molar-refractivity contribution is 0.0978. The van der Waals surface area contributed by atoms with Gasteiger partial charge in [0, 0.05) is 22.8 Å². The number of nitrogens with zero attached hydrogens (tertiary/aromatic N) is 3. The smallest absolute Gasteiger partial charge is 0.186 e. The number of thiazole rings is 1. The van der Waals surface area contributed by atoms with Crippen LogP contribution in [0.4, 0.5) is 0 Å². The number of ketones is 1. The fourth-order valence-corrected chi connectivity index (χ4v) is 4.77. The number of sulfone groups is 1. The molecular formula is C20H12ClN3O3S2. The Morgan fingerprint density at radius 2 is 1.86 bits per heavy atom. The van der Waals surface area contributed by atoms with Crippen LogP contribution in [-0.4, -0.2) is 25.4 Å². The summed E-state index contributed by atoms with van der Waals surface area (Å²) in [7, 11) is -3.63. The monoisotopic (exact) mass is 441 g/mol. The first kappa shape index (κ1) is 20.7. The van der Waals surface area contributed by atoms with Crippen molar-refractivity contribution in [2.75, 3.05) is 6.26 Å². The molecule has 0 radical (unpaired) electrons. The molecule has 1 aromatic heterocycles. The van der Waals surface area contributed by atoms with E-state index in [-0.39, 0.29) is 15.5 Å². The topological polar surface area (TPSA) is 112 Å². The van der Waals surface area contributed by atoms with Gasteiger partial charge in [-0.15, -0.1) is 11.3 Å². The Bertz CT molecular complexity index is 1280. The zero-order valence-corrected chi connectivity index (χ0v) is 17.3. The Balaban J connectivity index is 1.95. The minimum Gasteiger partial charge on any atom is -0.292 e. The molecule has 0 aliphatic rings. The predicted octanol–water partition coefficient (Wildman–Crippen LogP) is 4.23. The molecule has 144 valence electrons. The van der Waals surface area contributed by atoms with Gasteiger partial charge in [-0.2, -0.15) is 10.5 Å². The van der Waals surface area contributed by atoms with E-state index in [0.717, 1.165) is 23.2 Å². The van der Waals surface area contributed by atoms with Gasteiger partial charge in [-0.3, -0.25) is 4.79 Å². The maximum Gasteiger partial charge on any atom is 0.186 e. The van der Waals surface area contributed by atoms with Crippen molar-refractivity contribution in [2.45, 2.75) is 10.8 Å². The van der Waals surface area contributed by atoms with E-state index in [9.17, 15) is 18.5 Å². The van der Waals surface area contributed by atoms with Crippen molar-refractivity contribution < 1.29 is 13.2 Å². The van der Waals surface area contributed by atoms with Crippen LogP contribution in [0.1, 0.15) is 26.8 Å². The summed E-state index contributed by atoms with van der Waals surface area (Å²) in [6, 6.07) is 14.6. The molecule has 0 saturated heterocycles. The van der Waals surface area contributed by atoms with Gasteiger partial charge in [0.05, 0.1) is 33.3 Å². The lowest BCUT2D eigenvalue weighted by Gasteiger charge is -2.08. The maximum absolute atomic E-state index is 12.9. The first-order chi connectivity index (χ1) is 13.7. The number of rotatable bonds is 5. The summed E-state index contributed by atoms with van der Waals surface area (Å²) in [5.74, 6) is -1.74. The molecule has 0 N–H and O–H groups in total. The van der Waals surface area contributed by atoms with Crippen LogP contribution in [0.15, 0.2) is 52.7 Å². The molecule has 1 atom stereocenters. The first-order valence-corrected chi connectivity index (χ1v) is 11.3. The average Bonchev–Trinajstić information content (AvgIpc) is 3.17. The Morgan fingerprint density at radius 3 is 2.45 bits per heavy atom. The summed E-state index contributed by atoms with van der Waals surface area (Å²) in [4.78, 5) is 17.1. The molecule has 29 heavy (non-hydrogen) atoms. The Morgan fingerprint density at radius 1 is 1.17 bits per heavy atom. The number of carbonyl (C=O) groups excluding carboxylic acids is 1. The summed E-state index contributed by atoms with van der Waals surface area (Å²) < 4.78 is 23.7. The summed E-state index contributed by atoms with van der Waals surface area (Å²) in [5, 5.41) is 20.5. The first-order valence-electron chi connectivity index (χ1n) is 8.14. The largest absolute Gasteiger partial charge is 0.292 e. The van der Waals surface area contributed by atoms with E-state index < -0.39 is 21.5 Å². The second-order valence-electron chi connectivity index (χ2n) is 6.10. The summed E-state index contributed by atoms with van der Waals surface area (Å²) in [6.07, 6.45) is 0.995. The molecule has 0 bridgehead atoms. The molecule has 1 heterocycles. The van der Waals surface area contributed by atoms with E-state index in [1.165, 1.54) is 18.2 Å². The number of Topliss-reactive ketones (excluding diaryl/α,β-unsaturated/α-hetero) is 1. The predicted molar refractivity (Wildman–Crippen MR) is 110 cm³/mol. The number of halogens is 1. The lowest BCUT2D eigenvalue weighted by Crippen LogP contribution is -2.12. The number of hydrogen-bond donors (Lipinski definition) is 0. The van der Waals surface area contributed by atoms with Gasteiger partial charge >= 0.3 is 0 Å². The Hall–Kier alpha value is -3.04. The molecule has 0 aliphatic heterocycles. The number of benzene rings is 2. The lowest BCUT2D eigenvalue weighted by atomic mass is 9.99. The fourth-order valence-electron chi connectivity index (χ4n) is 2.60. The maximum atomic E-state index is 12.9. The van der Waals surface area contributed by atoms with Crippen LogP contribution in [0.5, 0.6) is 0 Å². The minimum absolute atomic E-state index is 0.00917. The molecule has 3 aromatic rings. The van der Waals surface area contributed by atoms with Crippen LogP contribution in [0, 0.1) is 22.7 Å². The quantitative estimate of drug-likeness (QED) is 0.547. The van der Waals surface area contributed by atoms with Crippen molar-refractivity contribution in [3.8, 4) is 23.4 Å². The van der Waals surface area contributed by atoms with Crippen LogP contribution < -0.4 is 0 Å². The number of aromatic nitrogens is 1. The van der Waals surface area contributed by atoms with Gasteiger partial charge < -0.3 is 0 Å². The summed E-state index contributed by atoms with van der Waals surface area (Å²) in [6.45, 7) is 0. The van der Waals surface area contributed by atoms with Gasteiger partial charge in [0.2, 0.25) is 0 Å². The van der Waals surface area contributed by atoms with E-state index in [4.69, 9.17) is 16.9 Å². The van der Waals surface area contributed by atoms with Crippen LogP contribution in [0.25, 0.3) is 11.3 Å². The van der Waals surface area contributed by atoms with Gasteiger partial charge in [0.25, 0.3) is 0 Å². The van der Waals surface area contributed by atoms with Gasteiger partial charge in [0.1, 0.15) is 5.01 Å². The third-order valence-corrected chi connectivity index (χ3v) is 6.57. The molecule has 1 unspecified atom stereocenters. The summed E-state index contributed by atoms with van der Waals surface area (Å²) in [5.41, 5.74) is 1.91. The van der Waals surface area contributed by atoms with E-state index in [1.54, 1.807) is 29.6 Å². The molecule has 3 rings (SSSR count). The van der Waals surface area contributed by atoms with Crippen LogP contribution in [-0.2, 0) is 9.84 Å². The van der Waals surface area contributed by atoms with Crippen LogP contribution in [0.2, 0.25) is 5.02 Å². The normalized spacial score (nSPS) is 12.0. The second-order valence-corrected chi connectivity index (χ2v) is 9.38. The van der Waals surface area contributed by atoms with Gasteiger partial charge in [-0.05, 0) is 30.3 Å². The van der Waals surface area contributed by atoms with Crippen molar-refractivity contribution in [1.29, 1.82) is 10.5 Å². The van der Waals surface area contributed by atoms with Crippen molar-refractivity contribution >= 4 is 38.6 Å². The van der Waals surface area contributed by atoms with Crippen molar-refractivity contribution in [1.82, 2.24) is 4.98 Å². The van der Waals surface area contributed by atoms with Crippen LogP contribution >= 0.6 is 22.9 Å². The highest BCUT2D eigenvalue weighted by molar-refractivity contribution is 7.90. The number of hydrogen-bond acceptors (Lipinski definition) is 7. The third-order valence-electron chi connectivity index (χ3n) is 4.09. The van der Waals surface area contributed by atoms with Crippen molar-refractivity contribution in [2.24, 2.45) is 0 Å². The minimum atomic E-state index is -3.63. The number of nitriles is 2. The number of carbonyl (C=O) groups is 1. The zero-order chi connectivity index (χ0) is 21.2. The molecule has 0 amide bonds. The average molecular weight is 442 g/mol. The highest BCUT2D eigenvalue weighted by atomic mass is 35.5. The molecule has 2 aromatic carbocycles. The Labute approximate surface area is 176 Å². The highest BCUT2D eigenvalue weighted by Crippen LogP contribution is 2.30. The highest BCUT2D eigenvalue weighted by Gasteiger charge is 2.26. The molecule has 0 spiro atoms. The molecule has 0 aliphatic carbocycles. The van der Waals surface area contributed by atoms with Gasteiger partial charge in [0.15, 0.2) is 21.5 Å². The molecule has 6 nitrogen and oxygen atoms in total. The van der Waals surface area contributed by atoms with Crippen molar-refractivity contribution in [3.63, 3.8) is 0 Å². The van der Waals surface area contributed by atoms with E-state index >= 15 is 0 Å². The van der Waals surface area contributed by atoms with Gasteiger partial charge in [-0.1, -0.05) is 23.7 Å². The molecule has 0 fully saturated rings. The standard InChI is InChI=1S/C20H12ClN3O3S2/c1-29(26,27)18-8-14(6-7-16(18)21)19(25)15(10-23)20-24-17(11-28-20)13-4-2-12(9-22)3-5-13/h2-8,11,15H,1H3. The van der Waals surface area contributed by atoms with Gasteiger partial charge in [-0.25, -0.2) is 13.4 Å². The van der Waals surface area contributed by atoms with E-state index in [2.05, 4.69) is 4.98 Å². The van der Waals surface area contributed by atoms with Crippen LogP contribution in [0.3, 0.4) is 0 Å². The molecule has 9 heteroatoms. The van der Waals surface area contributed by atoms with E-state index in [0.29, 0.717) is 16.3 Å². The zero-order valence-electron chi connectivity index (χ0n) is 15.0. The van der Waals surface area contributed by atoms with E-state index in [1.807, 2.05) is 12.1 Å². The fraction of sp³-hybridized carbons (Fsp3) is 0.100. The SMILES string of the molecule is CS(=O)(=O)c1cc(C(=O)C(C#N)c2nc(-c3ccc(C#N)cc3)cs2)ccc1Cl. The molecular weight excluding hydrogens is 430 g/mol. The third kappa shape index (κ3) is 4.36. The molecule has 0 saturated carbocycles. The van der Waals surface area contributed by atoms with Crippen molar-refractivity contribution in [3.05, 3.63) is 69.0 Å². The second kappa shape index (κ2) is 8.14. The Kier molecular flexibility index (Phi) is 5.81.